The maximum Gasteiger partial charge on any atom is 0.154 e. The van der Waals surface area contributed by atoms with Crippen molar-refractivity contribution in [3.05, 3.63) is 24.2 Å². The Kier molecular flexibility index (Phi) is 3.17. The van der Waals surface area contributed by atoms with Crippen LogP contribution in [-0.2, 0) is 5.41 Å². The van der Waals surface area contributed by atoms with Crippen molar-refractivity contribution in [1.82, 2.24) is 14.6 Å². The van der Waals surface area contributed by atoms with Gasteiger partial charge in [-0.1, -0.05) is 20.8 Å². The first-order valence-electron chi connectivity index (χ1n) is 7.29. The van der Waals surface area contributed by atoms with Crippen LogP contribution in [0.25, 0.3) is 5.52 Å². The number of fused-ring (bicyclic) bond motifs is 1. The SMILES string of the molecule is CC(C)(C)c1cc2c(N3CCC(CN)C3)nccn2n1. The van der Waals surface area contributed by atoms with Gasteiger partial charge >= 0.3 is 0 Å². The molecule has 0 spiro atoms. The van der Waals surface area contributed by atoms with Gasteiger partial charge in [0.2, 0.25) is 0 Å². The summed E-state index contributed by atoms with van der Waals surface area (Å²) in [6, 6.07) is 2.16. The quantitative estimate of drug-likeness (QED) is 0.906. The molecule has 20 heavy (non-hydrogen) atoms. The summed E-state index contributed by atoms with van der Waals surface area (Å²) in [5.41, 5.74) is 8.02. The van der Waals surface area contributed by atoms with Crippen molar-refractivity contribution in [2.24, 2.45) is 11.7 Å². The Morgan fingerprint density at radius 2 is 2.20 bits per heavy atom. The molecule has 1 fully saturated rings. The fraction of sp³-hybridized carbons (Fsp3) is 0.600. The molecule has 0 aromatic carbocycles. The van der Waals surface area contributed by atoms with Gasteiger partial charge < -0.3 is 10.6 Å². The van der Waals surface area contributed by atoms with Crippen LogP contribution in [0.2, 0.25) is 0 Å². The Hall–Kier alpha value is -1.62. The average molecular weight is 273 g/mol. The number of aromatic nitrogens is 3. The van der Waals surface area contributed by atoms with Gasteiger partial charge in [-0.25, -0.2) is 9.50 Å². The maximum absolute atomic E-state index is 5.78. The highest BCUT2D eigenvalue weighted by Gasteiger charge is 2.25. The molecule has 1 aliphatic rings. The molecule has 2 N–H and O–H groups in total. The molecule has 5 heteroatoms. The summed E-state index contributed by atoms with van der Waals surface area (Å²) in [4.78, 5) is 6.91. The molecular weight excluding hydrogens is 250 g/mol. The molecule has 2 aromatic rings. The van der Waals surface area contributed by atoms with Gasteiger partial charge in [0.15, 0.2) is 5.82 Å². The van der Waals surface area contributed by atoms with Crippen LogP contribution in [0.3, 0.4) is 0 Å². The minimum atomic E-state index is 0.0497. The van der Waals surface area contributed by atoms with E-state index < -0.39 is 0 Å². The molecule has 0 amide bonds. The molecule has 3 rings (SSSR count). The average Bonchev–Trinajstić information content (AvgIpc) is 3.04. The Morgan fingerprint density at radius 3 is 2.85 bits per heavy atom. The zero-order valence-corrected chi connectivity index (χ0v) is 12.5. The molecule has 0 bridgehead atoms. The van der Waals surface area contributed by atoms with E-state index >= 15 is 0 Å². The molecule has 0 saturated carbocycles. The van der Waals surface area contributed by atoms with Gasteiger partial charge in [-0.3, -0.25) is 0 Å². The minimum absolute atomic E-state index is 0.0497. The Bertz CT molecular complexity index is 610. The van der Waals surface area contributed by atoms with Crippen molar-refractivity contribution in [3.63, 3.8) is 0 Å². The molecule has 1 atom stereocenters. The summed E-state index contributed by atoms with van der Waals surface area (Å²) in [6.07, 6.45) is 4.90. The molecule has 1 unspecified atom stereocenters. The number of hydrogen-bond donors (Lipinski definition) is 1. The summed E-state index contributed by atoms with van der Waals surface area (Å²) in [5, 5.41) is 4.68. The second-order valence-corrected chi connectivity index (χ2v) is 6.70. The van der Waals surface area contributed by atoms with Crippen molar-refractivity contribution >= 4 is 11.3 Å². The second kappa shape index (κ2) is 4.74. The monoisotopic (exact) mass is 273 g/mol. The van der Waals surface area contributed by atoms with Crippen LogP contribution in [0, 0.1) is 5.92 Å². The van der Waals surface area contributed by atoms with Crippen molar-refractivity contribution in [1.29, 1.82) is 0 Å². The molecule has 0 aliphatic carbocycles. The zero-order chi connectivity index (χ0) is 14.3. The second-order valence-electron chi connectivity index (χ2n) is 6.70. The standard InChI is InChI=1S/C15H23N5/c1-15(2,3)13-8-12-14(17-5-7-20(12)18-13)19-6-4-11(9-16)10-19/h5,7-8,11H,4,6,9-10,16H2,1-3H3. The summed E-state index contributed by atoms with van der Waals surface area (Å²) in [5.74, 6) is 1.62. The smallest absolute Gasteiger partial charge is 0.154 e. The zero-order valence-electron chi connectivity index (χ0n) is 12.5. The van der Waals surface area contributed by atoms with Gasteiger partial charge in [0.1, 0.15) is 5.52 Å². The van der Waals surface area contributed by atoms with Crippen LogP contribution in [-0.4, -0.2) is 34.2 Å². The molecule has 108 valence electrons. The van der Waals surface area contributed by atoms with E-state index in [0.29, 0.717) is 5.92 Å². The Morgan fingerprint density at radius 1 is 1.40 bits per heavy atom. The van der Waals surface area contributed by atoms with E-state index in [1.54, 1.807) is 0 Å². The fourth-order valence-electron chi connectivity index (χ4n) is 2.74. The molecule has 2 aromatic heterocycles. The number of nitrogens with two attached hydrogens (primary N) is 1. The molecule has 1 aliphatic heterocycles. The first-order chi connectivity index (χ1) is 9.49. The van der Waals surface area contributed by atoms with E-state index in [-0.39, 0.29) is 5.41 Å². The predicted octanol–water partition coefficient (Wildman–Crippen LogP) is 1.81. The lowest BCUT2D eigenvalue weighted by molar-refractivity contribution is 0.562. The van der Waals surface area contributed by atoms with Crippen molar-refractivity contribution < 1.29 is 0 Å². The first kappa shape index (κ1) is 13.4. The lowest BCUT2D eigenvalue weighted by Crippen LogP contribution is -2.23. The third kappa shape index (κ3) is 2.26. The van der Waals surface area contributed by atoms with E-state index in [1.165, 1.54) is 0 Å². The third-order valence-corrected chi connectivity index (χ3v) is 4.06. The van der Waals surface area contributed by atoms with Crippen molar-refractivity contribution in [2.45, 2.75) is 32.6 Å². The van der Waals surface area contributed by atoms with Gasteiger partial charge in [0.05, 0.1) is 5.69 Å². The van der Waals surface area contributed by atoms with E-state index in [0.717, 1.165) is 43.1 Å². The lowest BCUT2D eigenvalue weighted by atomic mass is 9.92. The van der Waals surface area contributed by atoms with Crippen LogP contribution >= 0.6 is 0 Å². The van der Waals surface area contributed by atoms with E-state index in [1.807, 2.05) is 16.9 Å². The van der Waals surface area contributed by atoms with Crippen LogP contribution in [0.15, 0.2) is 18.5 Å². The van der Waals surface area contributed by atoms with Crippen LogP contribution in [0.5, 0.6) is 0 Å². The van der Waals surface area contributed by atoms with Crippen molar-refractivity contribution in [3.8, 4) is 0 Å². The summed E-state index contributed by atoms with van der Waals surface area (Å²) < 4.78 is 1.94. The highest BCUT2D eigenvalue weighted by molar-refractivity contribution is 5.69. The van der Waals surface area contributed by atoms with Gasteiger partial charge in [0.25, 0.3) is 0 Å². The molecule has 1 saturated heterocycles. The van der Waals surface area contributed by atoms with E-state index in [4.69, 9.17) is 5.73 Å². The number of rotatable bonds is 2. The molecule has 0 radical (unpaired) electrons. The Labute approximate surface area is 119 Å². The van der Waals surface area contributed by atoms with Gasteiger partial charge in [-0.15, -0.1) is 0 Å². The normalized spacial score (nSPS) is 20.0. The fourth-order valence-corrected chi connectivity index (χ4v) is 2.74. The van der Waals surface area contributed by atoms with Crippen LogP contribution in [0.1, 0.15) is 32.9 Å². The lowest BCUT2D eigenvalue weighted by Gasteiger charge is -2.17. The van der Waals surface area contributed by atoms with Gasteiger partial charge in [-0.2, -0.15) is 5.10 Å². The van der Waals surface area contributed by atoms with Gasteiger partial charge in [-0.05, 0) is 24.9 Å². The number of nitrogens with zero attached hydrogens (tertiary/aromatic N) is 4. The third-order valence-electron chi connectivity index (χ3n) is 4.06. The van der Waals surface area contributed by atoms with Gasteiger partial charge in [0, 0.05) is 30.9 Å². The maximum atomic E-state index is 5.78. The molecule has 5 nitrogen and oxygen atoms in total. The minimum Gasteiger partial charge on any atom is -0.354 e. The largest absolute Gasteiger partial charge is 0.354 e. The highest BCUT2D eigenvalue weighted by Crippen LogP contribution is 2.28. The Balaban J connectivity index is 2.01. The predicted molar refractivity (Wildman–Crippen MR) is 81.1 cm³/mol. The van der Waals surface area contributed by atoms with E-state index in [9.17, 15) is 0 Å². The summed E-state index contributed by atoms with van der Waals surface area (Å²) in [7, 11) is 0. The molecular formula is C15H23N5. The summed E-state index contributed by atoms with van der Waals surface area (Å²) in [6.45, 7) is 9.34. The first-order valence-corrected chi connectivity index (χ1v) is 7.29. The number of anilines is 1. The molecule has 3 heterocycles. The van der Waals surface area contributed by atoms with Crippen LogP contribution in [0.4, 0.5) is 5.82 Å². The van der Waals surface area contributed by atoms with Crippen molar-refractivity contribution in [2.75, 3.05) is 24.5 Å². The summed E-state index contributed by atoms with van der Waals surface area (Å²) >= 11 is 0. The highest BCUT2D eigenvalue weighted by atomic mass is 15.3. The van der Waals surface area contributed by atoms with Crippen LogP contribution < -0.4 is 10.6 Å². The topological polar surface area (TPSA) is 59.5 Å². The number of hydrogen-bond acceptors (Lipinski definition) is 4. The van der Waals surface area contributed by atoms with E-state index in [2.05, 4.69) is 41.8 Å².